The van der Waals surface area contributed by atoms with Crippen LogP contribution < -0.4 is 0 Å². The Labute approximate surface area is 196 Å². The van der Waals surface area contributed by atoms with Gasteiger partial charge in [-0.3, -0.25) is 0 Å². The van der Waals surface area contributed by atoms with E-state index in [1.165, 1.54) is 82.9 Å². The number of nitrogens with zero attached hydrogens (tertiary/aromatic N) is 1. The fraction of sp³-hybridized carbons (Fsp3) is 0.800. The van der Waals surface area contributed by atoms with E-state index in [9.17, 15) is 0 Å². The third-order valence-electron chi connectivity index (χ3n) is 11.3. The molecule has 3 aliphatic heterocycles. The maximum Gasteiger partial charge on any atom is 0.0975 e. The minimum atomic E-state index is 0.0264. The van der Waals surface area contributed by atoms with Crippen molar-refractivity contribution >= 4 is 0 Å². The van der Waals surface area contributed by atoms with Gasteiger partial charge < -0.3 is 9.64 Å². The number of ether oxygens (including phenoxy) is 1. The Morgan fingerprint density at radius 3 is 2.88 bits per heavy atom. The molecule has 6 rings (SSSR count). The first-order chi connectivity index (χ1) is 15.4. The van der Waals surface area contributed by atoms with Crippen molar-refractivity contribution < 1.29 is 4.74 Å². The summed E-state index contributed by atoms with van der Waals surface area (Å²) in [5.41, 5.74) is 3.50. The molecule has 3 heterocycles. The molecule has 2 saturated heterocycles. The normalized spacial score (nSPS) is 48.5. The summed E-state index contributed by atoms with van der Waals surface area (Å²) in [4.78, 5) is 2.53. The number of piperidine rings is 1. The van der Waals surface area contributed by atoms with Crippen LogP contribution in [0.2, 0.25) is 0 Å². The Hall–Kier alpha value is -0.860. The molecule has 176 valence electrons. The van der Waals surface area contributed by atoms with Gasteiger partial charge >= 0.3 is 0 Å². The molecule has 0 aromatic heterocycles. The molecule has 0 amide bonds. The van der Waals surface area contributed by atoms with Gasteiger partial charge in [-0.25, -0.2) is 0 Å². The van der Waals surface area contributed by atoms with E-state index in [2.05, 4.69) is 57.0 Å². The third-order valence-corrected chi connectivity index (χ3v) is 11.3. The summed E-state index contributed by atoms with van der Waals surface area (Å²) in [7, 11) is 2.29. The van der Waals surface area contributed by atoms with E-state index in [0.29, 0.717) is 11.3 Å². The third kappa shape index (κ3) is 3.04. The van der Waals surface area contributed by atoms with Gasteiger partial charge in [-0.2, -0.15) is 0 Å². The molecule has 2 nitrogen and oxygen atoms in total. The standard InChI is InChI=1S/C30H45NO/c1-21(8-9-23-13-18-31(4)20-22(23)2)26-10-11-27-28(26,3)15-12-25-19-24-7-5-6-14-29(24)16-17-30(25,27)32-29/h5,7,12,19,21-23,26-27H,6,8-11,13-18,20H2,1-4H3. The highest BCUT2D eigenvalue weighted by Crippen LogP contribution is 2.68. The van der Waals surface area contributed by atoms with Gasteiger partial charge in [0.2, 0.25) is 0 Å². The summed E-state index contributed by atoms with van der Waals surface area (Å²) < 4.78 is 7.27. The molecule has 3 aliphatic carbocycles. The molecular weight excluding hydrogens is 390 g/mol. The molecule has 2 bridgehead atoms. The second-order valence-corrected chi connectivity index (χ2v) is 13.0. The fourth-order valence-electron chi connectivity index (χ4n) is 9.49. The Balaban J connectivity index is 1.21. The Morgan fingerprint density at radius 1 is 1.16 bits per heavy atom. The molecule has 1 saturated carbocycles. The molecule has 8 unspecified atom stereocenters. The topological polar surface area (TPSA) is 12.5 Å². The second kappa shape index (κ2) is 7.57. The van der Waals surface area contributed by atoms with Crippen LogP contribution in [0.25, 0.3) is 0 Å². The van der Waals surface area contributed by atoms with Gasteiger partial charge in [-0.1, -0.05) is 51.5 Å². The van der Waals surface area contributed by atoms with Gasteiger partial charge in [0.15, 0.2) is 0 Å². The number of hydrogen-bond acceptors (Lipinski definition) is 2. The monoisotopic (exact) mass is 435 g/mol. The van der Waals surface area contributed by atoms with E-state index in [-0.39, 0.29) is 11.2 Å². The van der Waals surface area contributed by atoms with Crippen LogP contribution in [0.5, 0.6) is 0 Å². The van der Waals surface area contributed by atoms with E-state index in [1.54, 1.807) is 5.57 Å². The summed E-state index contributed by atoms with van der Waals surface area (Å²) in [5, 5.41) is 0. The zero-order valence-electron chi connectivity index (χ0n) is 21.0. The second-order valence-electron chi connectivity index (χ2n) is 13.0. The van der Waals surface area contributed by atoms with E-state index in [1.807, 2.05) is 0 Å². The lowest BCUT2D eigenvalue weighted by atomic mass is 9.57. The highest BCUT2D eigenvalue weighted by atomic mass is 16.5. The van der Waals surface area contributed by atoms with E-state index < -0.39 is 0 Å². The SMILES string of the molecule is CC1CN(C)CCC1CCC(C)C1CCC2C34CCC5(CCC=CC5=CC3=CCC12C)O4. The molecule has 2 spiro atoms. The Bertz CT molecular complexity index is 855. The van der Waals surface area contributed by atoms with Crippen LogP contribution in [0.15, 0.2) is 35.5 Å². The number of likely N-dealkylation sites (tertiary alicyclic amines) is 1. The molecule has 2 heteroatoms. The Morgan fingerprint density at radius 2 is 2.03 bits per heavy atom. The van der Waals surface area contributed by atoms with Crippen molar-refractivity contribution in [2.45, 2.75) is 96.2 Å². The summed E-state index contributed by atoms with van der Waals surface area (Å²) in [6.07, 6.45) is 23.1. The molecule has 0 aromatic carbocycles. The Kier molecular flexibility index (Phi) is 5.12. The molecule has 6 aliphatic rings. The smallest absolute Gasteiger partial charge is 0.0975 e. The summed E-state index contributed by atoms with van der Waals surface area (Å²) in [5.74, 6) is 4.22. The van der Waals surface area contributed by atoms with Crippen LogP contribution in [0.4, 0.5) is 0 Å². The van der Waals surface area contributed by atoms with Crippen LogP contribution in [0, 0.1) is 35.0 Å². The average molecular weight is 436 g/mol. The first-order valence-corrected chi connectivity index (χ1v) is 13.8. The van der Waals surface area contributed by atoms with Crippen molar-refractivity contribution in [3.8, 4) is 0 Å². The largest absolute Gasteiger partial charge is 0.359 e. The maximum atomic E-state index is 7.27. The van der Waals surface area contributed by atoms with Crippen molar-refractivity contribution in [3.05, 3.63) is 35.5 Å². The lowest BCUT2D eigenvalue weighted by Crippen LogP contribution is -2.53. The van der Waals surface area contributed by atoms with Crippen LogP contribution in [0.1, 0.15) is 85.0 Å². The molecular formula is C30H45NO. The molecule has 8 atom stereocenters. The minimum absolute atomic E-state index is 0.0264. The van der Waals surface area contributed by atoms with Crippen LogP contribution in [-0.4, -0.2) is 36.2 Å². The summed E-state index contributed by atoms with van der Waals surface area (Å²) >= 11 is 0. The van der Waals surface area contributed by atoms with Gasteiger partial charge in [0.25, 0.3) is 0 Å². The molecule has 0 aromatic rings. The first-order valence-electron chi connectivity index (χ1n) is 13.8. The zero-order chi connectivity index (χ0) is 22.1. The van der Waals surface area contributed by atoms with E-state index in [4.69, 9.17) is 4.74 Å². The van der Waals surface area contributed by atoms with Gasteiger partial charge in [-0.05, 0) is 118 Å². The predicted octanol–water partition coefficient (Wildman–Crippen LogP) is 6.93. The van der Waals surface area contributed by atoms with E-state index in [0.717, 1.165) is 23.7 Å². The average Bonchev–Trinajstić information content (AvgIpc) is 3.28. The fourth-order valence-corrected chi connectivity index (χ4v) is 9.49. The highest BCUT2D eigenvalue weighted by molar-refractivity contribution is 5.50. The number of fused-ring (bicyclic) bond motifs is 1. The van der Waals surface area contributed by atoms with Gasteiger partial charge in [0.1, 0.15) is 0 Å². The number of hydrogen-bond donors (Lipinski definition) is 0. The van der Waals surface area contributed by atoms with Crippen molar-refractivity contribution in [1.82, 2.24) is 4.90 Å². The van der Waals surface area contributed by atoms with Crippen LogP contribution in [0.3, 0.4) is 0 Å². The lowest BCUT2D eigenvalue weighted by molar-refractivity contribution is -0.133. The lowest BCUT2D eigenvalue weighted by Gasteiger charge is -2.54. The van der Waals surface area contributed by atoms with Gasteiger partial charge in [-0.15, -0.1) is 0 Å². The number of rotatable bonds is 4. The van der Waals surface area contributed by atoms with Crippen LogP contribution in [-0.2, 0) is 4.74 Å². The van der Waals surface area contributed by atoms with Gasteiger partial charge in [0.05, 0.1) is 11.2 Å². The van der Waals surface area contributed by atoms with Crippen molar-refractivity contribution in [2.75, 3.05) is 20.1 Å². The zero-order valence-corrected chi connectivity index (χ0v) is 21.0. The maximum absolute atomic E-state index is 7.27. The minimum Gasteiger partial charge on any atom is -0.359 e. The van der Waals surface area contributed by atoms with Crippen molar-refractivity contribution in [2.24, 2.45) is 35.0 Å². The molecule has 3 fully saturated rings. The van der Waals surface area contributed by atoms with Crippen molar-refractivity contribution in [1.29, 1.82) is 0 Å². The molecule has 0 radical (unpaired) electrons. The molecule has 32 heavy (non-hydrogen) atoms. The predicted molar refractivity (Wildman–Crippen MR) is 132 cm³/mol. The highest BCUT2D eigenvalue weighted by Gasteiger charge is 2.66. The summed E-state index contributed by atoms with van der Waals surface area (Å²) in [6, 6.07) is 0. The first kappa shape index (κ1) is 21.7. The van der Waals surface area contributed by atoms with Gasteiger partial charge in [0, 0.05) is 6.54 Å². The van der Waals surface area contributed by atoms with E-state index >= 15 is 0 Å². The molecule has 0 N–H and O–H groups in total. The van der Waals surface area contributed by atoms with Crippen LogP contribution >= 0.6 is 0 Å². The summed E-state index contributed by atoms with van der Waals surface area (Å²) in [6.45, 7) is 10.3. The quantitative estimate of drug-likeness (QED) is 0.474. The van der Waals surface area contributed by atoms with Crippen molar-refractivity contribution in [3.63, 3.8) is 0 Å². The number of allylic oxidation sites excluding steroid dienone is 2.